The largest absolute Gasteiger partial charge is 0.339 e. The van der Waals surface area contributed by atoms with Crippen molar-refractivity contribution in [3.8, 4) is 0 Å². The molecule has 0 heterocycles. The predicted octanol–water partition coefficient (Wildman–Crippen LogP) is 4.73. The number of carbonyl (C=O) groups is 2. The highest BCUT2D eigenvalue weighted by Crippen LogP contribution is 2.26. The van der Waals surface area contributed by atoms with Crippen LogP contribution < -0.4 is 5.32 Å². The van der Waals surface area contributed by atoms with Gasteiger partial charge in [0.15, 0.2) is 0 Å². The minimum absolute atomic E-state index is 0.0317. The molecule has 0 saturated carbocycles. The Labute approximate surface area is 151 Å². The van der Waals surface area contributed by atoms with Crippen molar-refractivity contribution in [1.82, 2.24) is 4.90 Å². The highest BCUT2D eigenvalue weighted by atomic mass is 35.5. The zero-order valence-electron chi connectivity index (χ0n) is 13.5. The van der Waals surface area contributed by atoms with E-state index in [1.807, 2.05) is 13.8 Å². The molecule has 0 radical (unpaired) electrons. The summed E-state index contributed by atoms with van der Waals surface area (Å²) in [6.45, 7) is 5.18. The Bertz CT molecular complexity index is 741. The zero-order valence-corrected chi connectivity index (χ0v) is 15.0. The summed E-state index contributed by atoms with van der Waals surface area (Å²) in [5.74, 6) is -0.388. The van der Waals surface area contributed by atoms with Crippen LogP contribution in [0.1, 0.15) is 34.6 Å². The van der Waals surface area contributed by atoms with Crippen LogP contribution in [0, 0.1) is 0 Å². The second-order valence-corrected chi connectivity index (χ2v) is 5.90. The summed E-state index contributed by atoms with van der Waals surface area (Å²) in [5.41, 5.74) is 1.46. The van der Waals surface area contributed by atoms with Crippen molar-refractivity contribution in [2.75, 3.05) is 18.4 Å². The first-order valence-corrected chi connectivity index (χ1v) is 8.38. The van der Waals surface area contributed by atoms with E-state index < -0.39 is 0 Å². The number of hydrogen-bond acceptors (Lipinski definition) is 2. The van der Waals surface area contributed by atoms with Crippen molar-refractivity contribution < 1.29 is 9.59 Å². The third-order valence-corrected chi connectivity index (χ3v) is 4.46. The molecular weight excluding hydrogens is 347 g/mol. The van der Waals surface area contributed by atoms with Crippen LogP contribution in [-0.4, -0.2) is 29.8 Å². The lowest BCUT2D eigenvalue weighted by Gasteiger charge is -2.18. The zero-order chi connectivity index (χ0) is 17.7. The Morgan fingerprint density at radius 3 is 2.21 bits per heavy atom. The van der Waals surface area contributed by atoms with Crippen LogP contribution in [0.25, 0.3) is 0 Å². The standard InChI is InChI=1S/C18H18Cl2N2O2/c1-3-22(4-2)18(24)12-8-10-13(11-9-12)21-17(23)14-6-5-7-15(19)16(14)20/h5-11H,3-4H2,1-2H3,(H,21,23). The first-order valence-electron chi connectivity index (χ1n) is 7.62. The summed E-state index contributed by atoms with van der Waals surface area (Å²) in [7, 11) is 0. The molecule has 0 saturated heterocycles. The summed E-state index contributed by atoms with van der Waals surface area (Å²) in [6.07, 6.45) is 0. The van der Waals surface area contributed by atoms with Crippen LogP contribution in [0.5, 0.6) is 0 Å². The third-order valence-electron chi connectivity index (χ3n) is 3.64. The fraction of sp³-hybridized carbons (Fsp3) is 0.222. The fourth-order valence-corrected chi connectivity index (χ4v) is 2.65. The Hall–Kier alpha value is -2.04. The topological polar surface area (TPSA) is 49.4 Å². The molecule has 2 aromatic carbocycles. The summed E-state index contributed by atoms with van der Waals surface area (Å²) in [6, 6.07) is 11.6. The average Bonchev–Trinajstić information content (AvgIpc) is 2.59. The van der Waals surface area contributed by atoms with E-state index >= 15 is 0 Å². The summed E-state index contributed by atoms with van der Waals surface area (Å²) >= 11 is 12.0. The Morgan fingerprint density at radius 1 is 1.00 bits per heavy atom. The fourth-order valence-electron chi connectivity index (χ4n) is 2.27. The highest BCUT2D eigenvalue weighted by molar-refractivity contribution is 6.44. The van der Waals surface area contributed by atoms with Gasteiger partial charge in [-0.05, 0) is 50.2 Å². The maximum atomic E-state index is 12.3. The number of rotatable bonds is 5. The van der Waals surface area contributed by atoms with Gasteiger partial charge in [0.1, 0.15) is 0 Å². The van der Waals surface area contributed by atoms with E-state index in [0.717, 1.165) is 0 Å². The van der Waals surface area contributed by atoms with Gasteiger partial charge in [0.25, 0.3) is 11.8 Å². The van der Waals surface area contributed by atoms with Gasteiger partial charge in [-0.15, -0.1) is 0 Å². The van der Waals surface area contributed by atoms with Crippen molar-refractivity contribution in [3.63, 3.8) is 0 Å². The third kappa shape index (κ3) is 4.08. The predicted molar refractivity (Wildman–Crippen MR) is 98.1 cm³/mol. The molecule has 4 nitrogen and oxygen atoms in total. The number of benzene rings is 2. The van der Waals surface area contributed by atoms with E-state index in [1.54, 1.807) is 47.4 Å². The first kappa shape index (κ1) is 18.3. The molecule has 1 N–H and O–H groups in total. The monoisotopic (exact) mass is 364 g/mol. The molecule has 0 atom stereocenters. The van der Waals surface area contributed by atoms with Gasteiger partial charge in [-0.25, -0.2) is 0 Å². The molecule has 2 aromatic rings. The van der Waals surface area contributed by atoms with E-state index in [9.17, 15) is 9.59 Å². The van der Waals surface area contributed by atoms with Gasteiger partial charge in [0.05, 0.1) is 15.6 Å². The molecule has 2 rings (SSSR count). The summed E-state index contributed by atoms with van der Waals surface area (Å²) < 4.78 is 0. The molecule has 0 aliphatic rings. The van der Waals surface area contributed by atoms with Crippen molar-refractivity contribution in [3.05, 3.63) is 63.6 Å². The quantitative estimate of drug-likeness (QED) is 0.833. The van der Waals surface area contributed by atoms with E-state index in [-0.39, 0.29) is 16.8 Å². The van der Waals surface area contributed by atoms with Gasteiger partial charge in [-0.1, -0.05) is 29.3 Å². The molecule has 0 fully saturated rings. The molecule has 0 unspecified atom stereocenters. The lowest BCUT2D eigenvalue weighted by atomic mass is 10.1. The number of halogens is 2. The molecular formula is C18H18Cl2N2O2. The number of nitrogens with one attached hydrogen (secondary N) is 1. The molecule has 0 spiro atoms. The SMILES string of the molecule is CCN(CC)C(=O)c1ccc(NC(=O)c2cccc(Cl)c2Cl)cc1. The van der Waals surface area contributed by atoms with Crippen molar-refractivity contribution in [2.45, 2.75) is 13.8 Å². The molecule has 0 bridgehead atoms. The van der Waals surface area contributed by atoms with Crippen LogP contribution >= 0.6 is 23.2 Å². The maximum Gasteiger partial charge on any atom is 0.257 e. The van der Waals surface area contributed by atoms with Gasteiger partial charge in [-0.3, -0.25) is 9.59 Å². The van der Waals surface area contributed by atoms with E-state index in [4.69, 9.17) is 23.2 Å². The molecule has 6 heteroatoms. The van der Waals surface area contributed by atoms with Gasteiger partial charge in [-0.2, -0.15) is 0 Å². The van der Waals surface area contributed by atoms with Crippen molar-refractivity contribution in [1.29, 1.82) is 0 Å². The molecule has 2 amide bonds. The molecule has 0 aliphatic carbocycles. The number of nitrogens with zero attached hydrogens (tertiary/aromatic N) is 1. The second-order valence-electron chi connectivity index (χ2n) is 5.11. The molecule has 126 valence electrons. The summed E-state index contributed by atoms with van der Waals surface area (Å²) in [4.78, 5) is 26.3. The summed E-state index contributed by atoms with van der Waals surface area (Å²) in [5, 5.41) is 3.28. The van der Waals surface area contributed by atoms with Gasteiger partial charge >= 0.3 is 0 Å². The van der Waals surface area contributed by atoms with Crippen LogP contribution in [-0.2, 0) is 0 Å². The smallest absolute Gasteiger partial charge is 0.257 e. The van der Waals surface area contributed by atoms with E-state index in [1.165, 1.54) is 0 Å². The Kier molecular flexibility index (Phi) is 6.23. The normalized spacial score (nSPS) is 10.3. The van der Waals surface area contributed by atoms with Crippen molar-refractivity contribution in [2.24, 2.45) is 0 Å². The maximum absolute atomic E-state index is 12.3. The minimum atomic E-state index is -0.356. The number of carbonyl (C=O) groups excluding carboxylic acids is 2. The van der Waals surface area contributed by atoms with Crippen LogP contribution in [0.15, 0.2) is 42.5 Å². The van der Waals surface area contributed by atoms with Crippen molar-refractivity contribution >= 4 is 40.7 Å². The van der Waals surface area contributed by atoms with Gasteiger partial charge < -0.3 is 10.2 Å². The van der Waals surface area contributed by atoms with E-state index in [2.05, 4.69) is 5.32 Å². The molecule has 0 aliphatic heterocycles. The number of amides is 2. The Balaban J connectivity index is 2.13. The minimum Gasteiger partial charge on any atom is -0.339 e. The molecule has 0 aromatic heterocycles. The lowest BCUT2D eigenvalue weighted by molar-refractivity contribution is 0.0773. The molecule has 24 heavy (non-hydrogen) atoms. The van der Waals surface area contributed by atoms with E-state index in [0.29, 0.717) is 34.9 Å². The van der Waals surface area contributed by atoms with Gasteiger partial charge in [0.2, 0.25) is 0 Å². The average molecular weight is 365 g/mol. The van der Waals surface area contributed by atoms with Gasteiger partial charge in [0, 0.05) is 24.3 Å². The van der Waals surface area contributed by atoms with Crippen LogP contribution in [0.4, 0.5) is 5.69 Å². The number of anilines is 1. The van der Waals surface area contributed by atoms with Crippen LogP contribution in [0.3, 0.4) is 0 Å². The van der Waals surface area contributed by atoms with Crippen LogP contribution in [0.2, 0.25) is 10.0 Å². The second kappa shape index (κ2) is 8.18. The first-order chi connectivity index (χ1) is 11.5. The highest BCUT2D eigenvalue weighted by Gasteiger charge is 2.14. The Morgan fingerprint density at radius 2 is 1.62 bits per heavy atom. The number of hydrogen-bond donors (Lipinski definition) is 1. The lowest BCUT2D eigenvalue weighted by Crippen LogP contribution is -2.30.